The molecule has 1 aromatic rings. The van der Waals surface area contributed by atoms with Crippen molar-refractivity contribution in [1.29, 1.82) is 0 Å². The van der Waals surface area contributed by atoms with E-state index in [1.54, 1.807) is 6.26 Å². The molecule has 0 amide bonds. The van der Waals surface area contributed by atoms with Crippen LogP contribution in [0.4, 0.5) is 0 Å². The van der Waals surface area contributed by atoms with Gasteiger partial charge in [-0.2, -0.15) is 0 Å². The Morgan fingerprint density at radius 2 is 2.10 bits per heavy atom. The summed E-state index contributed by atoms with van der Waals surface area (Å²) in [5.41, 5.74) is 1.36. The van der Waals surface area contributed by atoms with Crippen molar-refractivity contribution in [2.24, 2.45) is 0 Å². The lowest BCUT2D eigenvalue weighted by molar-refractivity contribution is 0.0950. The predicted octanol–water partition coefficient (Wildman–Crippen LogP) is 1.96. The van der Waals surface area contributed by atoms with Crippen LogP contribution in [-0.4, -0.2) is 46.8 Å². The van der Waals surface area contributed by atoms with Gasteiger partial charge in [0.25, 0.3) is 0 Å². The van der Waals surface area contributed by atoms with Crippen LogP contribution in [-0.2, 0) is 16.3 Å². The van der Waals surface area contributed by atoms with E-state index in [0.717, 1.165) is 31.8 Å². The highest BCUT2D eigenvalue weighted by molar-refractivity contribution is 7.84. The molecule has 1 saturated heterocycles. The number of nitrogens with zero attached hydrogens (tertiary/aromatic N) is 1. The molecule has 2 rings (SSSR count). The second kappa shape index (κ2) is 6.83. The molecule has 0 radical (unpaired) electrons. The summed E-state index contributed by atoms with van der Waals surface area (Å²) in [6.07, 6.45) is 2.80. The second-order valence-corrected chi connectivity index (χ2v) is 7.58. The van der Waals surface area contributed by atoms with E-state index in [4.69, 9.17) is 0 Å². The molecule has 1 aliphatic rings. The third-order valence-corrected chi connectivity index (χ3v) is 5.08. The van der Waals surface area contributed by atoms with Gasteiger partial charge in [0.2, 0.25) is 0 Å². The molecule has 0 bridgehead atoms. The molecule has 20 heavy (non-hydrogen) atoms. The van der Waals surface area contributed by atoms with Gasteiger partial charge in [-0.15, -0.1) is 0 Å². The van der Waals surface area contributed by atoms with Crippen molar-refractivity contribution in [3.8, 4) is 0 Å². The molecule has 3 nitrogen and oxygen atoms in total. The van der Waals surface area contributed by atoms with Crippen LogP contribution >= 0.6 is 0 Å². The lowest BCUT2D eigenvalue weighted by atomic mass is 9.88. The zero-order valence-corrected chi connectivity index (χ0v) is 13.6. The molecule has 4 heteroatoms. The van der Waals surface area contributed by atoms with E-state index in [0.29, 0.717) is 6.04 Å². The Hall–Kier alpha value is -0.710. The van der Waals surface area contributed by atoms with Crippen molar-refractivity contribution in [2.45, 2.75) is 31.8 Å². The molecule has 1 aromatic carbocycles. The fourth-order valence-corrected chi connectivity index (χ4v) is 3.43. The van der Waals surface area contributed by atoms with Gasteiger partial charge in [-0.05, 0) is 32.4 Å². The van der Waals surface area contributed by atoms with Crippen molar-refractivity contribution in [3.05, 3.63) is 35.9 Å². The van der Waals surface area contributed by atoms with Crippen LogP contribution in [0.1, 0.15) is 25.8 Å². The molecule has 1 N–H and O–H groups in total. The number of hydrogen-bond acceptors (Lipinski definition) is 3. The monoisotopic (exact) mass is 294 g/mol. The van der Waals surface area contributed by atoms with Crippen molar-refractivity contribution in [2.75, 3.05) is 31.6 Å². The van der Waals surface area contributed by atoms with Gasteiger partial charge in [0.15, 0.2) is 0 Å². The van der Waals surface area contributed by atoms with Crippen LogP contribution in [0.15, 0.2) is 30.3 Å². The van der Waals surface area contributed by atoms with Gasteiger partial charge in [-0.25, -0.2) is 0 Å². The molecule has 1 aliphatic heterocycles. The number of rotatable bonds is 5. The Balaban J connectivity index is 2.01. The standard InChI is InChI=1S/C16H26N2OS/c1-14-12-17-16(2,15-8-5-4-6-9-15)13-18(14)10-7-11-20(3)19/h4-6,8-9,14,17H,7,10-13H2,1-3H3. The van der Waals surface area contributed by atoms with Gasteiger partial charge in [0.05, 0.1) is 5.54 Å². The molecular formula is C16H26N2OS. The third-order valence-electron chi connectivity index (χ3n) is 4.22. The third kappa shape index (κ3) is 3.90. The number of piperazine rings is 1. The quantitative estimate of drug-likeness (QED) is 0.901. The van der Waals surface area contributed by atoms with Crippen molar-refractivity contribution >= 4 is 10.8 Å². The van der Waals surface area contributed by atoms with Gasteiger partial charge in [0, 0.05) is 41.9 Å². The number of benzene rings is 1. The Kier molecular flexibility index (Phi) is 5.35. The average Bonchev–Trinajstić information content (AvgIpc) is 2.43. The van der Waals surface area contributed by atoms with E-state index < -0.39 is 10.8 Å². The van der Waals surface area contributed by atoms with Gasteiger partial charge in [-0.1, -0.05) is 30.3 Å². The van der Waals surface area contributed by atoms with E-state index >= 15 is 0 Å². The smallest absolute Gasteiger partial charge is 0.0535 e. The van der Waals surface area contributed by atoms with E-state index in [1.807, 2.05) is 0 Å². The molecule has 1 heterocycles. The summed E-state index contributed by atoms with van der Waals surface area (Å²) in [4.78, 5) is 2.52. The van der Waals surface area contributed by atoms with Crippen LogP contribution in [0.25, 0.3) is 0 Å². The minimum Gasteiger partial charge on any atom is -0.305 e. The Morgan fingerprint density at radius 1 is 1.40 bits per heavy atom. The summed E-state index contributed by atoms with van der Waals surface area (Å²) in [5, 5.41) is 3.69. The summed E-state index contributed by atoms with van der Waals surface area (Å²) in [7, 11) is -0.679. The molecule has 0 saturated carbocycles. The van der Waals surface area contributed by atoms with Gasteiger partial charge in [-0.3, -0.25) is 9.11 Å². The van der Waals surface area contributed by atoms with Gasteiger partial charge < -0.3 is 5.32 Å². The Labute approximate surface area is 125 Å². The minimum atomic E-state index is -0.679. The highest BCUT2D eigenvalue weighted by atomic mass is 32.2. The summed E-state index contributed by atoms with van der Waals surface area (Å²) in [6.45, 7) is 7.58. The molecule has 3 atom stereocenters. The maximum atomic E-state index is 11.2. The van der Waals surface area contributed by atoms with Crippen molar-refractivity contribution in [1.82, 2.24) is 10.2 Å². The van der Waals surface area contributed by atoms with Gasteiger partial charge in [0.1, 0.15) is 0 Å². The topological polar surface area (TPSA) is 32.3 Å². The zero-order chi connectivity index (χ0) is 14.6. The van der Waals surface area contributed by atoms with Gasteiger partial charge >= 0.3 is 0 Å². The number of hydrogen-bond donors (Lipinski definition) is 1. The summed E-state index contributed by atoms with van der Waals surface area (Å²) in [6, 6.07) is 11.2. The SMILES string of the molecule is CC1CNC(C)(c2ccccc2)CN1CCCS(C)=O. The maximum Gasteiger partial charge on any atom is 0.0535 e. The zero-order valence-electron chi connectivity index (χ0n) is 12.8. The van der Waals surface area contributed by atoms with Crippen molar-refractivity contribution < 1.29 is 4.21 Å². The van der Waals surface area contributed by atoms with E-state index in [2.05, 4.69) is 54.4 Å². The highest BCUT2D eigenvalue weighted by Gasteiger charge is 2.34. The van der Waals surface area contributed by atoms with E-state index in [9.17, 15) is 4.21 Å². The fraction of sp³-hybridized carbons (Fsp3) is 0.625. The first-order valence-electron chi connectivity index (χ1n) is 7.36. The first-order valence-corrected chi connectivity index (χ1v) is 9.08. The maximum absolute atomic E-state index is 11.2. The van der Waals surface area contributed by atoms with Crippen LogP contribution in [0.3, 0.4) is 0 Å². The van der Waals surface area contributed by atoms with E-state index in [-0.39, 0.29) is 5.54 Å². The molecule has 0 spiro atoms. The van der Waals surface area contributed by atoms with Crippen LogP contribution in [0.5, 0.6) is 0 Å². The first-order chi connectivity index (χ1) is 9.51. The lowest BCUT2D eigenvalue weighted by Gasteiger charge is -2.45. The summed E-state index contributed by atoms with van der Waals surface area (Å²) < 4.78 is 11.2. The molecule has 0 aromatic heterocycles. The van der Waals surface area contributed by atoms with Crippen molar-refractivity contribution in [3.63, 3.8) is 0 Å². The highest BCUT2D eigenvalue weighted by Crippen LogP contribution is 2.26. The molecular weight excluding hydrogens is 268 g/mol. The van der Waals surface area contributed by atoms with E-state index in [1.165, 1.54) is 5.56 Å². The minimum absolute atomic E-state index is 0.0130. The first kappa shape index (κ1) is 15.7. The molecule has 112 valence electrons. The van der Waals surface area contributed by atoms with Crippen LogP contribution < -0.4 is 5.32 Å². The second-order valence-electron chi connectivity index (χ2n) is 6.03. The largest absolute Gasteiger partial charge is 0.305 e. The summed E-state index contributed by atoms with van der Waals surface area (Å²) in [5.74, 6) is 0.804. The summed E-state index contributed by atoms with van der Waals surface area (Å²) >= 11 is 0. The fourth-order valence-electron chi connectivity index (χ4n) is 2.89. The molecule has 3 unspecified atom stereocenters. The lowest BCUT2D eigenvalue weighted by Crippen LogP contribution is -2.60. The normalized spacial score (nSPS) is 29.2. The molecule has 1 fully saturated rings. The Bertz CT molecular complexity index is 451. The average molecular weight is 294 g/mol. The number of nitrogens with one attached hydrogen (secondary N) is 1. The molecule has 0 aliphatic carbocycles. The Morgan fingerprint density at radius 3 is 2.75 bits per heavy atom. The predicted molar refractivity (Wildman–Crippen MR) is 86.4 cm³/mol. The van der Waals surface area contributed by atoms with Crippen LogP contribution in [0, 0.1) is 0 Å². The van der Waals surface area contributed by atoms with Crippen LogP contribution in [0.2, 0.25) is 0 Å².